The van der Waals surface area contributed by atoms with E-state index in [1.807, 2.05) is 19.1 Å². The smallest absolute Gasteiger partial charge is 0.256 e. The van der Waals surface area contributed by atoms with E-state index in [0.717, 1.165) is 39.5 Å². The maximum absolute atomic E-state index is 14.2. The molecule has 0 bridgehead atoms. The van der Waals surface area contributed by atoms with E-state index in [1.165, 1.54) is 11.6 Å². The molecule has 3 heterocycles. The highest BCUT2D eigenvalue weighted by Crippen LogP contribution is 2.30. The van der Waals surface area contributed by atoms with Crippen LogP contribution in [0.25, 0.3) is 28.0 Å². The van der Waals surface area contributed by atoms with Gasteiger partial charge in [-0.05, 0) is 61.4 Å². The summed E-state index contributed by atoms with van der Waals surface area (Å²) in [6, 6.07) is 27.0. The minimum atomic E-state index is -0.476. The van der Waals surface area contributed by atoms with Gasteiger partial charge in [0.15, 0.2) is 0 Å². The third kappa shape index (κ3) is 5.58. The number of ether oxygens (including phenoxy) is 1. The van der Waals surface area contributed by atoms with Crippen molar-refractivity contribution in [2.45, 2.75) is 20.4 Å². The van der Waals surface area contributed by atoms with Crippen molar-refractivity contribution in [3.8, 4) is 28.1 Å². The maximum atomic E-state index is 14.2. The molecule has 0 unspecified atom stereocenters. The molecule has 6 rings (SSSR count). The molecule has 3 aromatic carbocycles. The van der Waals surface area contributed by atoms with E-state index >= 15 is 0 Å². The lowest BCUT2D eigenvalue weighted by molar-refractivity contribution is 0.0622. The number of piperazine rings is 1. The monoisotopic (exact) mass is 548 g/mol. The van der Waals surface area contributed by atoms with Gasteiger partial charge in [0.2, 0.25) is 0 Å². The zero-order valence-electron chi connectivity index (χ0n) is 23.4. The van der Waals surface area contributed by atoms with Gasteiger partial charge in [0.05, 0.1) is 23.6 Å². The van der Waals surface area contributed by atoms with Crippen molar-refractivity contribution in [3.63, 3.8) is 0 Å². The van der Waals surface area contributed by atoms with Crippen LogP contribution in [-0.2, 0) is 6.54 Å². The number of carbonyl (C=O) groups is 1. The van der Waals surface area contributed by atoms with Crippen molar-refractivity contribution < 1.29 is 13.9 Å². The van der Waals surface area contributed by atoms with E-state index in [0.29, 0.717) is 39.3 Å². The number of halogens is 1. The molecule has 1 saturated heterocycles. The molecule has 1 amide bonds. The van der Waals surface area contributed by atoms with Gasteiger partial charge in [0.25, 0.3) is 5.91 Å². The molecule has 7 heteroatoms. The van der Waals surface area contributed by atoms with E-state index in [9.17, 15) is 9.18 Å². The third-order valence-electron chi connectivity index (χ3n) is 7.66. The Morgan fingerprint density at radius 2 is 1.63 bits per heavy atom. The lowest BCUT2D eigenvalue weighted by atomic mass is 10.1. The third-order valence-corrected chi connectivity index (χ3v) is 7.66. The molecule has 0 N–H and O–H groups in total. The first-order valence-corrected chi connectivity index (χ1v) is 14.1. The number of benzene rings is 3. The molecular formula is C34H33FN4O2. The summed E-state index contributed by atoms with van der Waals surface area (Å²) in [6.45, 7) is 7.83. The van der Waals surface area contributed by atoms with Crippen LogP contribution in [0.2, 0.25) is 0 Å². The predicted octanol–water partition coefficient (Wildman–Crippen LogP) is 6.47. The number of aryl methyl sites for hydroxylation is 1. The molecule has 5 aromatic rings. The fourth-order valence-electron chi connectivity index (χ4n) is 5.42. The molecule has 41 heavy (non-hydrogen) atoms. The number of pyridine rings is 1. The number of fused-ring (bicyclic) bond motifs is 1. The van der Waals surface area contributed by atoms with Crippen molar-refractivity contribution in [3.05, 3.63) is 114 Å². The van der Waals surface area contributed by atoms with Gasteiger partial charge in [-0.3, -0.25) is 9.69 Å². The summed E-state index contributed by atoms with van der Waals surface area (Å²) in [5.74, 6) is 0.118. The summed E-state index contributed by atoms with van der Waals surface area (Å²) in [5.41, 5.74) is 7.49. The minimum Gasteiger partial charge on any atom is -0.494 e. The molecule has 2 aromatic heterocycles. The molecule has 0 radical (unpaired) electrons. The van der Waals surface area contributed by atoms with Gasteiger partial charge in [-0.15, -0.1) is 0 Å². The van der Waals surface area contributed by atoms with E-state index in [-0.39, 0.29) is 11.5 Å². The Morgan fingerprint density at radius 3 is 2.39 bits per heavy atom. The number of hydrogen-bond acceptors (Lipinski definition) is 4. The molecule has 1 aliphatic rings. The number of aromatic nitrogens is 2. The molecule has 0 aliphatic carbocycles. The lowest BCUT2D eigenvalue weighted by Gasteiger charge is -2.34. The van der Waals surface area contributed by atoms with Crippen molar-refractivity contribution in [1.82, 2.24) is 19.2 Å². The van der Waals surface area contributed by atoms with E-state index in [4.69, 9.17) is 9.72 Å². The van der Waals surface area contributed by atoms with E-state index < -0.39 is 5.82 Å². The van der Waals surface area contributed by atoms with Crippen molar-refractivity contribution in [2.24, 2.45) is 0 Å². The van der Waals surface area contributed by atoms with Crippen LogP contribution < -0.4 is 4.74 Å². The topological polar surface area (TPSA) is 50.1 Å². The van der Waals surface area contributed by atoms with Gasteiger partial charge < -0.3 is 14.0 Å². The second kappa shape index (κ2) is 11.6. The highest BCUT2D eigenvalue weighted by molar-refractivity contribution is 5.94. The average molecular weight is 549 g/mol. The first-order valence-electron chi connectivity index (χ1n) is 14.1. The molecule has 1 fully saturated rings. The number of carbonyl (C=O) groups excluding carboxylic acids is 1. The highest BCUT2D eigenvalue weighted by atomic mass is 19.1. The first-order chi connectivity index (χ1) is 20.0. The second-order valence-electron chi connectivity index (χ2n) is 10.4. The number of amides is 1. The van der Waals surface area contributed by atoms with Crippen molar-refractivity contribution in [1.29, 1.82) is 0 Å². The van der Waals surface area contributed by atoms with Crippen LogP contribution in [0.1, 0.15) is 28.5 Å². The van der Waals surface area contributed by atoms with Gasteiger partial charge in [0, 0.05) is 44.5 Å². The van der Waals surface area contributed by atoms with Gasteiger partial charge in [-0.1, -0.05) is 54.1 Å². The largest absolute Gasteiger partial charge is 0.494 e. The standard InChI is InChI=1S/C34H33FN4O2/c1-3-41-28-8-6-7-26(21-28)27-15-16-32-36-33(25-13-11-24(2)12-14-25)31(39(32)22-27)23-37-17-19-38(20-18-37)34(40)29-9-4-5-10-30(29)35/h4-16,21-22H,3,17-20,23H2,1-2H3. The van der Waals surface area contributed by atoms with Crippen LogP contribution in [-0.4, -0.2) is 57.9 Å². The summed E-state index contributed by atoms with van der Waals surface area (Å²) in [6.07, 6.45) is 2.15. The summed E-state index contributed by atoms with van der Waals surface area (Å²) in [7, 11) is 0. The number of nitrogens with zero attached hydrogens (tertiary/aromatic N) is 4. The molecule has 0 spiro atoms. The predicted molar refractivity (Wildman–Crippen MR) is 160 cm³/mol. The molecule has 0 atom stereocenters. The van der Waals surface area contributed by atoms with Gasteiger partial charge >= 0.3 is 0 Å². The van der Waals surface area contributed by atoms with Crippen LogP contribution in [0.4, 0.5) is 4.39 Å². The molecule has 0 saturated carbocycles. The van der Waals surface area contributed by atoms with E-state index in [1.54, 1.807) is 23.1 Å². The summed E-state index contributed by atoms with van der Waals surface area (Å²) < 4.78 is 22.2. The molecule has 208 valence electrons. The van der Waals surface area contributed by atoms with Crippen molar-refractivity contribution >= 4 is 11.6 Å². The van der Waals surface area contributed by atoms with Crippen LogP contribution in [0.15, 0.2) is 91.1 Å². The summed E-state index contributed by atoms with van der Waals surface area (Å²) in [5, 5.41) is 0. The highest BCUT2D eigenvalue weighted by Gasteiger charge is 2.26. The Bertz CT molecular complexity index is 1690. The van der Waals surface area contributed by atoms with Crippen molar-refractivity contribution in [2.75, 3.05) is 32.8 Å². The second-order valence-corrected chi connectivity index (χ2v) is 10.4. The Morgan fingerprint density at radius 1 is 0.878 bits per heavy atom. The van der Waals surface area contributed by atoms with Gasteiger partial charge in [-0.2, -0.15) is 0 Å². The van der Waals surface area contributed by atoms with Crippen LogP contribution >= 0.6 is 0 Å². The van der Waals surface area contributed by atoms with Crippen LogP contribution in [0, 0.1) is 12.7 Å². The summed E-state index contributed by atoms with van der Waals surface area (Å²) >= 11 is 0. The fraction of sp³-hybridized carbons (Fsp3) is 0.235. The van der Waals surface area contributed by atoms with Gasteiger partial charge in [0.1, 0.15) is 17.2 Å². The normalized spacial score (nSPS) is 14.0. The van der Waals surface area contributed by atoms with Crippen LogP contribution in [0.5, 0.6) is 5.75 Å². The lowest BCUT2D eigenvalue weighted by Crippen LogP contribution is -2.48. The number of hydrogen-bond donors (Lipinski definition) is 0. The zero-order chi connectivity index (χ0) is 28.3. The maximum Gasteiger partial charge on any atom is 0.256 e. The molecule has 6 nitrogen and oxygen atoms in total. The zero-order valence-corrected chi connectivity index (χ0v) is 23.4. The summed E-state index contributed by atoms with van der Waals surface area (Å²) in [4.78, 5) is 22.1. The van der Waals surface area contributed by atoms with Crippen LogP contribution in [0.3, 0.4) is 0 Å². The SMILES string of the molecule is CCOc1cccc(-c2ccc3nc(-c4ccc(C)cc4)c(CN4CCN(C(=O)c5ccccc5F)CC4)n3c2)c1. The first kappa shape index (κ1) is 26.7. The quantitative estimate of drug-likeness (QED) is 0.234. The Labute approximate surface area is 239 Å². The minimum absolute atomic E-state index is 0.130. The Balaban J connectivity index is 1.31. The average Bonchev–Trinajstić information content (AvgIpc) is 3.35. The number of rotatable bonds is 7. The fourth-order valence-corrected chi connectivity index (χ4v) is 5.42. The molecular weight excluding hydrogens is 515 g/mol. The molecule has 1 aliphatic heterocycles. The Hall–Kier alpha value is -4.49. The Kier molecular flexibility index (Phi) is 7.53. The van der Waals surface area contributed by atoms with Gasteiger partial charge in [-0.25, -0.2) is 9.37 Å². The number of imidazole rings is 1. The van der Waals surface area contributed by atoms with E-state index in [2.05, 4.69) is 71.0 Å².